The number of aromatic nitrogens is 1. The predicted octanol–water partition coefficient (Wildman–Crippen LogP) is 11.4. The van der Waals surface area contributed by atoms with E-state index in [4.69, 9.17) is 0 Å². The van der Waals surface area contributed by atoms with E-state index in [1.807, 2.05) is 0 Å². The molecular formula is C52H44BN3. The molecule has 0 spiro atoms. The maximum Gasteiger partial charge on any atom is 0.252 e. The van der Waals surface area contributed by atoms with Crippen molar-refractivity contribution in [2.75, 3.05) is 9.80 Å². The molecule has 56 heavy (non-hydrogen) atoms. The highest BCUT2D eigenvalue weighted by Gasteiger charge is 2.61. The first-order valence-corrected chi connectivity index (χ1v) is 20.5. The first kappa shape index (κ1) is 32.3. The molecule has 4 aliphatic rings. The fourth-order valence-corrected chi connectivity index (χ4v) is 11.7. The highest BCUT2D eigenvalue weighted by atomic mass is 15.3. The van der Waals surface area contributed by atoms with Crippen LogP contribution in [0, 0.1) is 13.8 Å². The molecule has 1 saturated carbocycles. The second-order valence-electron chi connectivity index (χ2n) is 17.3. The summed E-state index contributed by atoms with van der Waals surface area (Å²) >= 11 is 0. The van der Waals surface area contributed by atoms with E-state index in [2.05, 4.69) is 188 Å². The van der Waals surface area contributed by atoms with Gasteiger partial charge in [0.15, 0.2) is 0 Å². The van der Waals surface area contributed by atoms with Gasteiger partial charge in [-0.1, -0.05) is 129 Å². The second kappa shape index (κ2) is 11.3. The van der Waals surface area contributed by atoms with E-state index in [0.29, 0.717) is 0 Å². The molecule has 12 rings (SSSR count). The average molecular weight is 722 g/mol. The lowest BCUT2D eigenvalue weighted by Gasteiger charge is -2.52. The Morgan fingerprint density at radius 2 is 1.25 bits per heavy atom. The molecule has 0 saturated heterocycles. The summed E-state index contributed by atoms with van der Waals surface area (Å²) in [4.78, 5) is 5.41. The van der Waals surface area contributed by atoms with Crippen LogP contribution in [-0.4, -0.2) is 16.8 Å². The van der Waals surface area contributed by atoms with Gasteiger partial charge in [0.25, 0.3) is 6.71 Å². The third-order valence-corrected chi connectivity index (χ3v) is 14.5. The van der Waals surface area contributed by atoms with Crippen LogP contribution in [0.2, 0.25) is 0 Å². The summed E-state index contributed by atoms with van der Waals surface area (Å²) in [5.41, 5.74) is 21.2. The lowest BCUT2D eigenvalue weighted by Crippen LogP contribution is -2.64. The van der Waals surface area contributed by atoms with E-state index in [0.717, 1.165) is 6.42 Å². The topological polar surface area (TPSA) is 11.4 Å². The molecule has 4 heterocycles. The van der Waals surface area contributed by atoms with Crippen LogP contribution in [0.15, 0.2) is 146 Å². The Hall–Kier alpha value is -6.00. The number of nitrogens with zero attached hydrogens (tertiary/aromatic N) is 3. The van der Waals surface area contributed by atoms with Crippen molar-refractivity contribution in [3.05, 3.63) is 162 Å². The van der Waals surface area contributed by atoms with E-state index in [1.165, 1.54) is 119 Å². The Morgan fingerprint density at radius 1 is 0.589 bits per heavy atom. The number of rotatable bonds is 4. The summed E-state index contributed by atoms with van der Waals surface area (Å²) < 4.78 is 2.62. The molecule has 0 bridgehead atoms. The van der Waals surface area contributed by atoms with Gasteiger partial charge in [-0.2, -0.15) is 0 Å². The molecule has 2 unspecified atom stereocenters. The summed E-state index contributed by atoms with van der Waals surface area (Å²) in [7, 11) is 0. The van der Waals surface area contributed by atoms with Gasteiger partial charge in [-0.05, 0) is 114 Å². The third-order valence-electron chi connectivity index (χ3n) is 14.5. The first-order chi connectivity index (χ1) is 27.4. The minimum Gasteiger partial charge on any atom is -0.335 e. The Kier molecular flexibility index (Phi) is 6.51. The van der Waals surface area contributed by atoms with Gasteiger partial charge in [-0.15, -0.1) is 0 Å². The van der Waals surface area contributed by atoms with Gasteiger partial charge in [0.1, 0.15) is 0 Å². The molecule has 0 amide bonds. The number of fused-ring (bicyclic) bond motifs is 10. The molecule has 8 aromatic rings. The van der Waals surface area contributed by atoms with Crippen LogP contribution in [0.4, 0.5) is 28.4 Å². The summed E-state index contributed by atoms with van der Waals surface area (Å²) in [6.07, 6.45) is 4.86. The van der Waals surface area contributed by atoms with E-state index < -0.39 is 0 Å². The van der Waals surface area contributed by atoms with Crippen molar-refractivity contribution in [1.29, 1.82) is 0 Å². The molecule has 7 aromatic carbocycles. The minimum atomic E-state index is -0.0871. The Bertz CT molecular complexity index is 2910. The van der Waals surface area contributed by atoms with Crippen LogP contribution in [0.3, 0.4) is 0 Å². The lowest BCUT2D eigenvalue weighted by molar-refractivity contribution is 0.195. The molecule has 4 heteroatoms. The number of hydrogen-bond acceptors (Lipinski definition) is 2. The van der Waals surface area contributed by atoms with Gasteiger partial charge >= 0.3 is 0 Å². The van der Waals surface area contributed by atoms with E-state index in [-0.39, 0.29) is 17.7 Å². The minimum absolute atomic E-state index is 0.00371. The van der Waals surface area contributed by atoms with Gasteiger partial charge in [0.2, 0.25) is 0 Å². The van der Waals surface area contributed by atoms with Gasteiger partial charge in [-0.3, -0.25) is 0 Å². The predicted molar refractivity (Wildman–Crippen MR) is 238 cm³/mol. The van der Waals surface area contributed by atoms with Crippen molar-refractivity contribution >= 4 is 73.3 Å². The largest absolute Gasteiger partial charge is 0.335 e. The van der Waals surface area contributed by atoms with E-state index in [9.17, 15) is 0 Å². The average Bonchev–Trinajstić information content (AvgIpc) is 3.67. The van der Waals surface area contributed by atoms with Crippen molar-refractivity contribution < 1.29 is 0 Å². The number of para-hydroxylation sites is 4. The van der Waals surface area contributed by atoms with E-state index >= 15 is 0 Å². The highest BCUT2D eigenvalue weighted by molar-refractivity contribution is 7.00. The maximum absolute atomic E-state index is 2.87. The molecule has 270 valence electrons. The zero-order valence-corrected chi connectivity index (χ0v) is 32.6. The molecule has 0 radical (unpaired) electrons. The van der Waals surface area contributed by atoms with Crippen molar-refractivity contribution in [3.63, 3.8) is 0 Å². The van der Waals surface area contributed by atoms with Crippen LogP contribution in [0.1, 0.15) is 56.2 Å². The van der Waals surface area contributed by atoms with Gasteiger partial charge in [0.05, 0.1) is 16.7 Å². The molecular weight excluding hydrogens is 677 g/mol. The molecule has 1 fully saturated rings. The zero-order chi connectivity index (χ0) is 37.5. The van der Waals surface area contributed by atoms with E-state index in [1.54, 1.807) is 0 Å². The number of aryl methyl sites for hydroxylation is 2. The Labute approximate surface area is 329 Å². The van der Waals surface area contributed by atoms with Crippen molar-refractivity contribution in [3.8, 4) is 16.8 Å². The fraction of sp³-hybridized carbons (Fsp3) is 0.192. The van der Waals surface area contributed by atoms with Crippen LogP contribution in [-0.2, 0) is 5.41 Å². The normalized spacial score (nSPS) is 19.9. The molecule has 1 aromatic heterocycles. The third kappa shape index (κ3) is 3.99. The molecule has 3 nitrogen and oxygen atoms in total. The van der Waals surface area contributed by atoms with Crippen LogP contribution in [0.5, 0.6) is 0 Å². The molecule has 2 atom stereocenters. The second-order valence-corrected chi connectivity index (χ2v) is 17.3. The fourth-order valence-electron chi connectivity index (χ4n) is 11.7. The Morgan fingerprint density at radius 3 is 2.02 bits per heavy atom. The SMILES string of the molecule is Cc1ccccc1N(c1cc2c3c(c1)-n1c4ccccc4c4cccc(c41)B3c1cc(-c3ccccc3)cc3c1N2C1(C)CCCCC31C)c1ccccc1C. The molecule has 1 aliphatic carbocycles. The van der Waals surface area contributed by atoms with Gasteiger partial charge in [-0.25, -0.2) is 0 Å². The molecule has 3 aliphatic heterocycles. The van der Waals surface area contributed by atoms with Crippen molar-refractivity contribution in [2.24, 2.45) is 0 Å². The highest BCUT2D eigenvalue weighted by Crippen LogP contribution is 2.62. The van der Waals surface area contributed by atoms with Crippen molar-refractivity contribution in [2.45, 2.75) is 64.3 Å². The summed E-state index contributed by atoms with van der Waals surface area (Å²) in [5.74, 6) is 0. The van der Waals surface area contributed by atoms with Crippen LogP contribution < -0.4 is 26.2 Å². The quantitative estimate of drug-likeness (QED) is 0.168. The van der Waals surface area contributed by atoms with Crippen LogP contribution >= 0.6 is 0 Å². The summed E-state index contributed by atoms with van der Waals surface area (Å²) in [6.45, 7) is 9.79. The van der Waals surface area contributed by atoms with Crippen molar-refractivity contribution in [1.82, 2.24) is 4.57 Å². The zero-order valence-electron chi connectivity index (χ0n) is 32.6. The van der Waals surface area contributed by atoms with Gasteiger partial charge < -0.3 is 14.4 Å². The van der Waals surface area contributed by atoms with Gasteiger partial charge in [0, 0.05) is 50.1 Å². The lowest BCUT2D eigenvalue weighted by atomic mass is 9.33. The Balaban J connectivity index is 1.26. The number of benzene rings is 7. The number of hydrogen-bond donors (Lipinski definition) is 0. The standard InChI is InChI=1S/C52H44BN3/c1-33-17-8-11-24-43(33)54(44-25-12-9-18-34(44)2)37-31-46-48-47(32-37)56-50-40(51(3)27-14-15-28-52(51,56)4)29-36(35-19-6-5-7-20-35)30-42(50)53(48)41-23-16-22-39-38-21-10-13-26-45(38)55(46)49(39)41/h5-13,16-26,29-32H,14-15,27-28H2,1-4H3. The molecule has 0 N–H and O–H groups in total. The first-order valence-electron chi connectivity index (χ1n) is 20.5. The smallest absolute Gasteiger partial charge is 0.252 e. The number of anilines is 5. The maximum atomic E-state index is 2.87. The monoisotopic (exact) mass is 721 g/mol. The summed E-state index contributed by atoms with van der Waals surface area (Å²) in [6, 6.07) is 55.3. The van der Waals surface area contributed by atoms with Crippen LogP contribution in [0.25, 0.3) is 38.6 Å². The summed E-state index contributed by atoms with van der Waals surface area (Å²) in [5, 5.41) is 2.64.